The van der Waals surface area contributed by atoms with E-state index in [-0.39, 0.29) is 0 Å². The molecule has 1 nitrogen and oxygen atoms in total. The summed E-state index contributed by atoms with van der Waals surface area (Å²) in [6, 6.07) is 12.7. The lowest BCUT2D eigenvalue weighted by atomic mass is 9.95. The second-order valence-electron chi connectivity index (χ2n) is 4.47. The second-order valence-corrected chi connectivity index (χ2v) is 7.18. The van der Waals surface area contributed by atoms with Gasteiger partial charge in [0.05, 0.1) is 4.34 Å². The fourth-order valence-corrected chi connectivity index (χ4v) is 3.68. The maximum absolute atomic E-state index is 6.01. The first-order chi connectivity index (χ1) is 9.19. The lowest BCUT2D eigenvalue weighted by Crippen LogP contribution is -2.22. The van der Waals surface area contributed by atoms with Crippen molar-refractivity contribution in [2.24, 2.45) is 0 Å². The summed E-state index contributed by atoms with van der Waals surface area (Å²) in [5.41, 5.74) is 1.36. The van der Waals surface area contributed by atoms with E-state index in [1.54, 1.807) is 11.3 Å². The lowest BCUT2D eigenvalue weighted by Gasteiger charge is -2.17. The molecule has 102 valence electrons. The van der Waals surface area contributed by atoms with Crippen LogP contribution < -0.4 is 5.32 Å². The van der Waals surface area contributed by atoms with E-state index in [1.807, 2.05) is 6.07 Å². The van der Waals surface area contributed by atoms with Crippen molar-refractivity contribution in [2.45, 2.75) is 19.3 Å². The maximum atomic E-state index is 6.01. The molecule has 0 aliphatic rings. The molecule has 0 spiro atoms. The van der Waals surface area contributed by atoms with Crippen LogP contribution in [0.3, 0.4) is 0 Å². The minimum atomic E-state index is 0.479. The van der Waals surface area contributed by atoms with E-state index in [0.29, 0.717) is 5.92 Å². The van der Waals surface area contributed by atoms with Crippen molar-refractivity contribution in [3.63, 3.8) is 0 Å². The Kier molecular flexibility index (Phi) is 5.89. The van der Waals surface area contributed by atoms with Crippen LogP contribution in [0.25, 0.3) is 0 Å². The zero-order chi connectivity index (χ0) is 13.7. The van der Waals surface area contributed by atoms with E-state index in [1.165, 1.54) is 10.4 Å². The molecular formula is C15H17BrClNS. The Hall–Kier alpha value is -0.350. The van der Waals surface area contributed by atoms with E-state index in [9.17, 15) is 0 Å². The van der Waals surface area contributed by atoms with Gasteiger partial charge in [-0.05, 0) is 42.8 Å². The normalized spacial score (nSPS) is 12.6. The summed E-state index contributed by atoms with van der Waals surface area (Å²) >= 11 is 11.2. The van der Waals surface area contributed by atoms with Crippen molar-refractivity contribution in [1.29, 1.82) is 0 Å². The van der Waals surface area contributed by atoms with Crippen LogP contribution in [0.1, 0.15) is 23.3 Å². The molecule has 1 N–H and O–H groups in total. The van der Waals surface area contributed by atoms with Crippen LogP contribution in [0.15, 0.2) is 40.9 Å². The fourth-order valence-electron chi connectivity index (χ4n) is 2.09. The van der Waals surface area contributed by atoms with Crippen LogP contribution in [0.4, 0.5) is 0 Å². The van der Waals surface area contributed by atoms with E-state index in [2.05, 4.69) is 58.5 Å². The number of likely N-dealkylation sites (N-methyl/N-ethyl adjacent to an activating group) is 1. The summed E-state index contributed by atoms with van der Waals surface area (Å²) in [6.45, 7) is 4.12. The highest BCUT2D eigenvalue weighted by Gasteiger charge is 2.13. The summed E-state index contributed by atoms with van der Waals surface area (Å²) in [5.74, 6) is 0.479. The average Bonchev–Trinajstić information content (AvgIpc) is 2.80. The average molecular weight is 359 g/mol. The summed E-state index contributed by atoms with van der Waals surface area (Å²) in [7, 11) is 0. The van der Waals surface area contributed by atoms with Gasteiger partial charge in [-0.1, -0.05) is 46.6 Å². The molecule has 2 aromatic rings. The zero-order valence-corrected chi connectivity index (χ0v) is 14.0. The largest absolute Gasteiger partial charge is 0.316 e. The Labute approximate surface area is 132 Å². The standard InChI is InChI=1S/C15H17BrClNS/c1-2-18-10-12(9-14-6-7-15(17)19-14)11-4-3-5-13(16)8-11/h3-8,12,18H,2,9-10H2,1H3. The Morgan fingerprint density at radius 3 is 2.79 bits per heavy atom. The molecule has 1 atom stereocenters. The second kappa shape index (κ2) is 7.44. The first kappa shape index (κ1) is 15.0. The first-order valence-electron chi connectivity index (χ1n) is 6.39. The minimum absolute atomic E-state index is 0.479. The number of benzene rings is 1. The predicted octanol–water partition coefficient (Wildman–Crippen LogP) is 5.10. The smallest absolute Gasteiger partial charge is 0.0931 e. The molecule has 0 bridgehead atoms. The highest BCUT2D eigenvalue weighted by Crippen LogP contribution is 2.28. The van der Waals surface area contributed by atoms with Gasteiger partial charge in [0.25, 0.3) is 0 Å². The van der Waals surface area contributed by atoms with Crippen molar-refractivity contribution < 1.29 is 0 Å². The van der Waals surface area contributed by atoms with Gasteiger partial charge in [0.2, 0.25) is 0 Å². The molecule has 1 aromatic carbocycles. The van der Waals surface area contributed by atoms with Gasteiger partial charge in [0.1, 0.15) is 0 Å². The van der Waals surface area contributed by atoms with Gasteiger partial charge >= 0.3 is 0 Å². The molecule has 19 heavy (non-hydrogen) atoms. The Morgan fingerprint density at radius 1 is 1.32 bits per heavy atom. The molecule has 0 fully saturated rings. The topological polar surface area (TPSA) is 12.0 Å². The van der Waals surface area contributed by atoms with E-state index in [4.69, 9.17) is 11.6 Å². The number of rotatable bonds is 6. The van der Waals surface area contributed by atoms with Gasteiger partial charge in [0, 0.05) is 21.8 Å². The molecule has 1 heterocycles. The number of thiophene rings is 1. The van der Waals surface area contributed by atoms with Gasteiger partial charge in [-0.3, -0.25) is 0 Å². The van der Waals surface area contributed by atoms with E-state index >= 15 is 0 Å². The Morgan fingerprint density at radius 2 is 2.16 bits per heavy atom. The third-order valence-electron chi connectivity index (χ3n) is 3.04. The highest BCUT2D eigenvalue weighted by atomic mass is 79.9. The molecular weight excluding hydrogens is 342 g/mol. The monoisotopic (exact) mass is 357 g/mol. The Balaban J connectivity index is 2.15. The molecule has 4 heteroatoms. The molecule has 0 aliphatic carbocycles. The third kappa shape index (κ3) is 4.60. The molecule has 0 saturated carbocycles. The third-order valence-corrected chi connectivity index (χ3v) is 4.78. The van der Waals surface area contributed by atoms with Crippen LogP contribution in [0.5, 0.6) is 0 Å². The molecule has 2 rings (SSSR count). The summed E-state index contributed by atoms with van der Waals surface area (Å²) in [5, 5.41) is 3.45. The van der Waals surface area contributed by atoms with Crippen molar-refractivity contribution in [1.82, 2.24) is 5.32 Å². The van der Waals surface area contributed by atoms with Gasteiger partial charge in [-0.25, -0.2) is 0 Å². The number of nitrogens with one attached hydrogen (secondary N) is 1. The van der Waals surface area contributed by atoms with Crippen molar-refractivity contribution in [3.8, 4) is 0 Å². The quantitative estimate of drug-likeness (QED) is 0.757. The van der Waals surface area contributed by atoms with Crippen molar-refractivity contribution in [2.75, 3.05) is 13.1 Å². The molecule has 0 amide bonds. The maximum Gasteiger partial charge on any atom is 0.0931 e. The summed E-state index contributed by atoms with van der Waals surface area (Å²) in [4.78, 5) is 1.34. The van der Waals surface area contributed by atoms with Gasteiger partial charge < -0.3 is 5.32 Å². The summed E-state index contributed by atoms with van der Waals surface area (Å²) < 4.78 is 2.00. The zero-order valence-electron chi connectivity index (χ0n) is 10.8. The van der Waals surface area contributed by atoms with Gasteiger partial charge in [-0.15, -0.1) is 11.3 Å². The molecule has 1 aromatic heterocycles. The van der Waals surface area contributed by atoms with Crippen LogP contribution >= 0.6 is 38.9 Å². The van der Waals surface area contributed by atoms with E-state index < -0.39 is 0 Å². The number of hydrogen-bond acceptors (Lipinski definition) is 2. The van der Waals surface area contributed by atoms with E-state index in [0.717, 1.165) is 28.3 Å². The molecule has 0 radical (unpaired) electrons. The molecule has 0 aliphatic heterocycles. The van der Waals surface area contributed by atoms with Gasteiger partial charge in [-0.2, -0.15) is 0 Å². The first-order valence-corrected chi connectivity index (χ1v) is 8.38. The molecule has 1 unspecified atom stereocenters. The predicted molar refractivity (Wildman–Crippen MR) is 88.5 cm³/mol. The minimum Gasteiger partial charge on any atom is -0.316 e. The summed E-state index contributed by atoms with van der Waals surface area (Å²) in [6.07, 6.45) is 1.03. The van der Waals surface area contributed by atoms with Crippen molar-refractivity contribution in [3.05, 3.63) is 55.6 Å². The number of hydrogen-bond donors (Lipinski definition) is 1. The fraction of sp³-hybridized carbons (Fsp3) is 0.333. The molecule has 0 saturated heterocycles. The van der Waals surface area contributed by atoms with Crippen molar-refractivity contribution >= 4 is 38.9 Å². The highest BCUT2D eigenvalue weighted by molar-refractivity contribution is 9.10. The van der Waals surface area contributed by atoms with Crippen LogP contribution in [0, 0.1) is 0 Å². The van der Waals surface area contributed by atoms with Crippen LogP contribution in [-0.4, -0.2) is 13.1 Å². The SMILES string of the molecule is CCNCC(Cc1ccc(Cl)s1)c1cccc(Br)c1. The lowest BCUT2D eigenvalue weighted by molar-refractivity contribution is 0.598. The van der Waals surface area contributed by atoms with Gasteiger partial charge in [0.15, 0.2) is 0 Å². The number of halogens is 2. The Bertz CT molecular complexity index is 526. The van der Waals surface area contributed by atoms with Crippen LogP contribution in [0.2, 0.25) is 4.34 Å². The van der Waals surface area contributed by atoms with Crippen LogP contribution in [-0.2, 0) is 6.42 Å².